The van der Waals surface area contributed by atoms with Crippen molar-refractivity contribution in [2.75, 3.05) is 27.6 Å². The first-order valence-corrected chi connectivity index (χ1v) is 9.59. The summed E-state index contributed by atoms with van der Waals surface area (Å²) < 4.78 is 20.3. The minimum Gasteiger partial charge on any atom is -0.467 e. The van der Waals surface area contributed by atoms with Crippen LogP contribution >= 0.6 is 0 Å². The number of rotatable bonds is 10. The third-order valence-electron chi connectivity index (χ3n) is 4.57. The lowest BCUT2D eigenvalue weighted by atomic mass is 9.98. The first-order chi connectivity index (χ1) is 14.0. The maximum Gasteiger partial charge on any atom is 0.338 e. The van der Waals surface area contributed by atoms with Gasteiger partial charge < -0.3 is 18.9 Å². The highest BCUT2D eigenvalue weighted by Crippen LogP contribution is 2.21. The summed E-state index contributed by atoms with van der Waals surface area (Å²) in [6.07, 6.45) is 2.56. The first-order valence-electron chi connectivity index (χ1n) is 9.59. The van der Waals surface area contributed by atoms with E-state index in [-0.39, 0.29) is 17.9 Å². The largest absolute Gasteiger partial charge is 0.467 e. The molecule has 0 atom stereocenters. The predicted molar refractivity (Wildman–Crippen MR) is 109 cm³/mol. The Morgan fingerprint density at radius 3 is 2.10 bits per heavy atom. The second-order valence-electron chi connectivity index (χ2n) is 6.57. The summed E-state index contributed by atoms with van der Waals surface area (Å²) in [5.74, 6) is -0.284. The number of hydrogen-bond donors (Lipinski definition) is 0. The van der Waals surface area contributed by atoms with E-state index in [0.717, 1.165) is 36.1 Å². The Balaban J connectivity index is 2.00. The number of carbonyl (C=O) groups excluding carboxylic acids is 2. The van der Waals surface area contributed by atoms with Crippen LogP contribution < -0.4 is 4.74 Å². The molecule has 0 aliphatic rings. The van der Waals surface area contributed by atoms with Gasteiger partial charge in [0.15, 0.2) is 6.79 Å². The topological polar surface area (TPSA) is 71.1 Å². The predicted octanol–water partition coefficient (Wildman–Crippen LogP) is 4.12. The molecule has 0 saturated carbocycles. The van der Waals surface area contributed by atoms with Crippen LogP contribution in [0.15, 0.2) is 36.4 Å². The van der Waals surface area contributed by atoms with Gasteiger partial charge in [-0.15, -0.1) is 0 Å². The molecule has 0 aliphatic carbocycles. The fraction of sp³-hybridized carbons (Fsp3) is 0.391. The number of aryl methyl sites for hydroxylation is 3. The van der Waals surface area contributed by atoms with Crippen LogP contribution in [0.2, 0.25) is 0 Å². The Hall–Kier alpha value is -2.86. The second-order valence-corrected chi connectivity index (χ2v) is 6.57. The summed E-state index contributed by atoms with van der Waals surface area (Å²) in [5.41, 5.74) is 3.68. The van der Waals surface area contributed by atoms with Gasteiger partial charge in [0, 0.05) is 6.61 Å². The van der Waals surface area contributed by atoms with E-state index in [2.05, 4.69) is 12.1 Å². The fourth-order valence-electron chi connectivity index (χ4n) is 3.03. The zero-order chi connectivity index (χ0) is 21.2. The summed E-state index contributed by atoms with van der Waals surface area (Å²) in [6.45, 7) is 4.81. The van der Waals surface area contributed by atoms with Gasteiger partial charge in [0.1, 0.15) is 5.75 Å². The molecule has 0 aromatic heterocycles. The lowest BCUT2D eigenvalue weighted by Gasteiger charge is -2.11. The van der Waals surface area contributed by atoms with Crippen molar-refractivity contribution in [2.45, 2.75) is 33.1 Å². The van der Waals surface area contributed by atoms with Crippen LogP contribution in [0.4, 0.5) is 0 Å². The molecule has 6 nitrogen and oxygen atoms in total. The van der Waals surface area contributed by atoms with E-state index in [1.54, 1.807) is 12.1 Å². The maximum absolute atomic E-state index is 12.0. The number of hydrogen-bond acceptors (Lipinski definition) is 6. The number of carbonyl (C=O) groups is 2. The molecule has 0 aliphatic heterocycles. The van der Waals surface area contributed by atoms with Gasteiger partial charge in [0.25, 0.3) is 0 Å². The molecule has 0 radical (unpaired) electrons. The molecule has 0 N–H and O–H groups in total. The van der Waals surface area contributed by atoms with E-state index < -0.39 is 11.9 Å². The van der Waals surface area contributed by atoms with Crippen LogP contribution in [0.3, 0.4) is 0 Å². The third-order valence-corrected chi connectivity index (χ3v) is 4.57. The smallest absolute Gasteiger partial charge is 0.338 e. The Kier molecular flexibility index (Phi) is 8.68. The van der Waals surface area contributed by atoms with Crippen molar-refractivity contribution in [1.29, 1.82) is 0 Å². The standard InChI is InChI=1S/C23H28O6/c1-5-28-15-29-21-12-10-17(13-16(21)2)7-6-8-18-9-11-19(22(24)26-3)20(14-18)23(25)27-4/h9-14H,5-8,15H2,1-4H3. The molecule has 0 fully saturated rings. The van der Waals surface area contributed by atoms with E-state index in [0.29, 0.717) is 6.61 Å². The Morgan fingerprint density at radius 1 is 0.862 bits per heavy atom. The zero-order valence-electron chi connectivity index (χ0n) is 17.4. The van der Waals surface area contributed by atoms with Crippen molar-refractivity contribution in [3.8, 4) is 5.75 Å². The maximum atomic E-state index is 12.0. The molecule has 0 bridgehead atoms. The molecule has 0 spiro atoms. The molecule has 2 aromatic rings. The molecule has 2 aromatic carbocycles. The van der Waals surface area contributed by atoms with E-state index in [1.165, 1.54) is 19.8 Å². The highest BCUT2D eigenvalue weighted by molar-refractivity contribution is 6.03. The minimum atomic E-state index is -0.556. The van der Waals surface area contributed by atoms with Crippen LogP contribution in [0.25, 0.3) is 0 Å². The van der Waals surface area contributed by atoms with Crippen LogP contribution in [0.5, 0.6) is 5.75 Å². The van der Waals surface area contributed by atoms with Gasteiger partial charge in [-0.05, 0) is 68.0 Å². The van der Waals surface area contributed by atoms with E-state index in [1.807, 2.05) is 26.0 Å². The monoisotopic (exact) mass is 400 g/mol. The van der Waals surface area contributed by atoms with E-state index in [9.17, 15) is 9.59 Å². The Morgan fingerprint density at radius 2 is 1.48 bits per heavy atom. The molecule has 0 unspecified atom stereocenters. The Labute approximate surface area is 171 Å². The molecule has 2 rings (SSSR count). The quantitative estimate of drug-likeness (QED) is 0.339. The Bertz CT molecular complexity index is 843. The van der Waals surface area contributed by atoms with Gasteiger partial charge in [0.2, 0.25) is 0 Å². The number of methoxy groups -OCH3 is 2. The summed E-state index contributed by atoms with van der Waals surface area (Å²) in [4.78, 5) is 23.9. The van der Waals surface area contributed by atoms with Gasteiger partial charge in [0.05, 0.1) is 25.3 Å². The van der Waals surface area contributed by atoms with E-state index >= 15 is 0 Å². The number of ether oxygens (including phenoxy) is 4. The summed E-state index contributed by atoms with van der Waals surface area (Å²) in [6, 6.07) is 11.3. The summed E-state index contributed by atoms with van der Waals surface area (Å²) >= 11 is 0. The summed E-state index contributed by atoms with van der Waals surface area (Å²) in [7, 11) is 2.58. The van der Waals surface area contributed by atoms with Crippen LogP contribution in [0.1, 0.15) is 50.8 Å². The van der Waals surface area contributed by atoms with Crippen molar-refractivity contribution < 1.29 is 28.5 Å². The number of esters is 2. The van der Waals surface area contributed by atoms with Crippen molar-refractivity contribution in [1.82, 2.24) is 0 Å². The lowest BCUT2D eigenvalue weighted by molar-refractivity contribution is 0.0220. The van der Waals surface area contributed by atoms with Crippen molar-refractivity contribution >= 4 is 11.9 Å². The molecular weight excluding hydrogens is 372 g/mol. The SMILES string of the molecule is CCOCOc1ccc(CCCc2ccc(C(=O)OC)c(C(=O)OC)c2)cc1C. The van der Waals surface area contributed by atoms with Crippen LogP contribution in [0, 0.1) is 6.92 Å². The molecule has 29 heavy (non-hydrogen) atoms. The fourth-order valence-corrected chi connectivity index (χ4v) is 3.03. The average Bonchev–Trinajstić information content (AvgIpc) is 2.74. The first kappa shape index (κ1) is 22.4. The van der Waals surface area contributed by atoms with Crippen LogP contribution in [-0.4, -0.2) is 39.6 Å². The van der Waals surface area contributed by atoms with Crippen molar-refractivity contribution in [3.05, 3.63) is 64.2 Å². The van der Waals surface area contributed by atoms with Gasteiger partial charge in [-0.25, -0.2) is 9.59 Å². The lowest BCUT2D eigenvalue weighted by Crippen LogP contribution is -2.12. The summed E-state index contributed by atoms with van der Waals surface area (Å²) in [5, 5.41) is 0. The van der Waals surface area contributed by atoms with Crippen LogP contribution in [-0.2, 0) is 27.1 Å². The molecule has 156 valence electrons. The van der Waals surface area contributed by atoms with Gasteiger partial charge in [-0.1, -0.05) is 18.2 Å². The van der Waals surface area contributed by atoms with Crippen molar-refractivity contribution in [3.63, 3.8) is 0 Å². The molecule has 0 heterocycles. The highest BCUT2D eigenvalue weighted by atomic mass is 16.7. The molecule has 0 amide bonds. The third kappa shape index (κ3) is 6.32. The number of benzene rings is 2. The average molecular weight is 400 g/mol. The molecule has 0 saturated heterocycles. The highest BCUT2D eigenvalue weighted by Gasteiger charge is 2.18. The normalized spacial score (nSPS) is 10.5. The minimum absolute atomic E-state index is 0.210. The van der Waals surface area contributed by atoms with Crippen molar-refractivity contribution in [2.24, 2.45) is 0 Å². The van der Waals surface area contributed by atoms with Gasteiger partial charge >= 0.3 is 11.9 Å². The molecule has 6 heteroatoms. The second kappa shape index (κ2) is 11.2. The van der Waals surface area contributed by atoms with Gasteiger partial charge in [-0.3, -0.25) is 0 Å². The van der Waals surface area contributed by atoms with Gasteiger partial charge in [-0.2, -0.15) is 0 Å². The van der Waals surface area contributed by atoms with E-state index in [4.69, 9.17) is 18.9 Å². The molecular formula is C23H28O6. The zero-order valence-corrected chi connectivity index (χ0v) is 17.4.